The minimum Gasteiger partial charge on any atom is -0.381 e. The van der Waals surface area contributed by atoms with Crippen LogP contribution in [0.5, 0.6) is 0 Å². The molecule has 1 aliphatic carbocycles. The number of ether oxygens (including phenoxy) is 2. The first-order valence-electron chi connectivity index (χ1n) is 5.16. The zero-order valence-corrected chi connectivity index (χ0v) is 10.1. The highest BCUT2D eigenvalue weighted by Crippen LogP contribution is 2.34. The molecule has 1 heterocycles. The molecule has 2 fully saturated rings. The summed E-state index contributed by atoms with van der Waals surface area (Å²) in [4.78, 5) is 0. The molecule has 0 atom stereocenters. The summed E-state index contributed by atoms with van der Waals surface area (Å²) < 4.78 is 12.7. The Morgan fingerprint density at radius 2 is 2.00 bits per heavy atom. The largest absolute Gasteiger partial charge is 0.381 e. The topological polar surface area (TPSA) is 18.5 Å². The monoisotopic (exact) mass is 296 g/mol. The third-order valence-corrected chi connectivity index (χ3v) is 4.51. The van der Waals surface area contributed by atoms with Gasteiger partial charge in [0.05, 0.1) is 11.7 Å². The molecule has 2 nitrogen and oxygen atoms in total. The van der Waals surface area contributed by atoms with Crippen molar-refractivity contribution in [3.8, 4) is 0 Å². The summed E-state index contributed by atoms with van der Waals surface area (Å²) in [6.45, 7) is 1.77. The molecule has 76 valence electrons. The second kappa shape index (κ2) is 4.45. The van der Waals surface area contributed by atoms with Gasteiger partial charge in [0.2, 0.25) is 0 Å². The Kier molecular flexibility index (Phi) is 3.48. The quantitative estimate of drug-likeness (QED) is 0.588. The number of alkyl halides is 1. The maximum absolute atomic E-state index is 6.18. The molecule has 0 aromatic heterocycles. The minimum absolute atomic E-state index is 0.157. The lowest BCUT2D eigenvalue weighted by molar-refractivity contribution is -0.147. The third kappa shape index (κ3) is 2.36. The molecule has 0 unspecified atom stereocenters. The van der Waals surface area contributed by atoms with Crippen LogP contribution in [0.4, 0.5) is 0 Å². The van der Waals surface area contributed by atoms with Gasteiger partial charge in [-0.25, -0.2) is 0 Å². The molecule has 2 rings (SSSR count). The van der Waals surface area contributed by atoms with E-state index in [2.05, 4.69) is 22.6 Å². The van der Waals surface area contributed by atoms with E-state index in [0.717, 1.165) is 30.5 Å². The van der Waals surface area contributed by atoms with Gasteiger partial charge in [0, 0.05) is 30.5 Å². The van der Waals surface area contributed by atoms with E-state index in [0.29, 0.717) is 6.10 Å². The normalized spacial score (nSPS) is 28.4. The summed E-state index contributed by atoms with van der Waals surface area (Å²) in [6, 6.07) is 0. The Morgan fingerprint density at radius 1 is 1.31 bits per heavy atom. The molecule has 0 amide bonds. The van der Waals surface area contributed by atoms with Gasteiger partial charge in [0.15, 0.2) is 0 Å². The second-order valence-electron chi connectivity index (χ2n) is 4.10. The Morgan fingerprint density at radius 3 is 2.46 bits per heavy atom. The van der Waals surface area contributed by atoms with Crippen molar-refractivity contribution in [2.75, 3.05) is 17.6 Å². The summed E-state index contributed by atoms with van der Waals surface area (Å²) in [6.07, 6.45) is 6.66. The van der Waals surface area contributed by atoms with Crippen LogP contribution in [0.15, 0.2) is 0 Å². The van der Waals surface area contributed by atoms with Gasteiger partial charge in [0.1, 0.15) is 0 Å². The first-order chi connectivity index (χ1) is 6.35. The van der Waals surface area contributed by atoms with Crippen LogP contribution in [0.2, 0.25) is 0 Å². The van der Waals surface area contributed by atoms with Crippen molar-refractivity contribution in [2.24, 2.45) is 0 Å². The van der Waals surface area contributed by atoms with Gasteiger partial charge in [-0.3, -0.25) is 0 Å². The highest BCUT2D eigenvalue weighted by atomic mass is 127. The van der Waals surface area contributed by atoms with Crippen molar-refractivity contribution in [3.05, 3.63) is 0 Å². The lowest BCUT2D eigenvalue weighted by Gasteiger charge is -2.41. The molecule has 0 bridgehead atoms. The predicted molar refractivity (Wildman–Crippen MR) is 60.4 cm³/mol. The van der Waals surface area contributed by atoms with Crippen LogP contribution in [-0.4, -0.2) is 29.3 Å². The van der Waals surface area contributed by atoms with Crippen LogP contribution < -0.4 is 0 Å². The summed E-state index contributed by atoms with van der Waals surface area (Å²) in [5.41, 5.74) is 0.157. The summed E-state index contributed by atoms with van der Waals surface area (Å²) in [7, 11) is 0. The molecule has 1 saturated heterocycles. The number of hydrogen-bond acceptors (Lipinski definition) is 2. The smallest absolute Gasteiger partial charge is 0.0819 e. The van der Waals surface area contributed by atoms with E-state index in [1.54, 1.807) is 0 Å². The molecule has 1 saturated carbocycles. The molecule has 3 heteroatoms. The van der Waals surface area contributed by atoms with E-state index >= 15 is 0 Å². The predicted octanol–water partition coefficient (Wildman–Crippen LogP) is 2.54. The highest BCUT2D eigenvalue weighted by molar-refractivity contribution is 14.1. The SMILES string of the molecule is ICC1(OC2CCC2)CCOCC1. The molecule has 13 heavy (non-hydrogen) atoms. The maximum atomic E-state index is 6.18. The van der Waals surface area contributed by atoms with Gasteiger partial charge >= 0.3 is 0 Å². The van der Waals surface area contributed by atoms with E-state index in [4.69, 9.17) is 9.47 Å². The van der Waals surface area contributed by atoms with E-state index in [9.17, 15) is 0 Å². The number of hydrogen-bond donors (Lipinski definition) is 0. The van der Waals surface area contributed by atoms with Gasteiger partial charge in [-0.05, 0) is 19.3 Å². The van der Waals surface area contributed by atoms with Crippen LogP contribution >= 0.6 is 22.6 Å². The fourth-order valence-electron chi connectivity index (χ4n) is 1.87. The molecule has 0 radical (unpaired) electrons. The average molecular weight is 296 g/mol. The second-order valence-corrected chi connectivity index (χ2v) is 4.86. The summed E-state index contributed by atoms with van der Waals surface area (Å²) in [5, 5.41) is 0. The van der Waals surface area contributed by atoms with Crippen LogP contribution in [0.3, 0.4) is 0 Å². The maximum Gasteiger partial charge on any atom is 0.0819 e. The molecule has 0 N–H and O–H groups in total. The Labute approximate surface area is 93.5 Å². The first kappa shape index (κ1) is 10.2. The highest BCUT2D eigenvalue weighted by Gasteiger charge is 2.36. The number of rotatable bonds is 3. The molecule has 0 aromatic rings. The van der Waals surface area contributed by atoms with Gasteiger partial charge in [0.25, 0.3) is 0 Å². The van der Waals surface area contributed by atoms with Crippen LogP contribution in [0, 0.1) is 0 Å². The van der Waals surface area contributed by atoms with Crippen LogP contribution in [0.25, 0.3) is 0 Å². The van der Waals surface area contributed by atoms with Crippen molar-refractivity contribution in [1.29, 1.82) is 0 Å². The third-order valence-electron chi connectivity index (χ3n) is 3.12. The Balaban J connectivity index is 1.88. The van der Waals surface area contributed by atoms with E-state index in [1.165, 1.54) is 19.3 Å². The molecule has 2 aliphatic rings. The summed E-state index contributed by atoms with van der Waals surface area (Å²) in [5.74, 6) is 0. The number of halogens is 1. The lowest BCUT2D eigenvalue weighted by atomic mass is 9.92. The van der Waals surface area contributed by atoms with Crippen molar-refractivity contribution < 1.29 is 9.47 Å². The molecular weight excluding hydrogens is 279 g/mol. The average Bonchev–Trinajstić information content (AvgIpc) is 2.13. The van der Waals surface area contributed by atoms with Crippen molar-refractivity contribution in [2.45, 2.75) is 43.8 Å². The molecule has 0 spiro atoms. The van der Waals surface area contributed by atoms with Gasteiger partial charge in [-0.1, -0.05) is 22.6 Å². The molecule has 1 aliphatic heterocycles. The van der Waals surface area contributed by atoms with Crippen LogP contribution in [-0.2, 0) is 9.47 Å². The lowest BCUT2D eigenvalue weighted by Crippen LogP contribution is -2.45. The van der Waals surface area contributed by atoms with E-state index in [1.807, 2.05) is 0 Å². The summed E-state index contributed by atoms with van der Waals surface area (Å²) >= 11 is 2.45. The molecule has 0 aromatic carbocycles. The van der Waals surface area contributed by atoms with Gasteiger partial charge in [-0.15, -0.1) is 0 Å². The minimum atomic E-state index is 0.157. The zero-order valence-electron chi connectivity index (χ0n) is 7.93. The first-order valence-corrected chi connectivity index (χ1v) is 6.69. The van der Waals surface area contributed by atoms with Gasteiger partial charge < -0.3 is 9.47 Å². The fraction of sp³-hybridized carbons (Fsp3) is 1.00. The van der Waals surface area contributed by atoms with E-state index < -0.39 is 0 Å². The van der Waals surface area contributed by atoms with Gasteiger partial charge in [-0.2, -0.15) is 0 Å². The standard InChI is InChI=1S/C10H17IO2/c11-8-10(4-6-12-7-5-10)13-9-2-1-3-9/h9H,1-8H2. The Hall–Kier alpha value is 0.650. The van der Waals surface area contributed by atoms with Crippen molar-refractivity contribution >= 4 is 22.6 Å². The zero-order chi connectivity index (χ0) is 9.15. The Bertz CT molecular complexity index is 162. The molecular formula is C10H17IO2. The van der Waals surface area contributed by atoms with Crippen LogP contribution in [0.1, 0.15) is 32.1 Å². The fourth-order valence-corrected chi connectivity index (χ4v) is 2.81. The van der Waals surface area contributed by atoms with E-state index in [-0.39, 0.29) is 5.60 Å². The van der Waals surface area contributed by atoms with Crippen molar-refractivity contribution in [1.82, 2.24) is 0 Å². The van der Waals surface area contributed by atoms with Crippen molar-refractivity contribution in [3.63, 3.8) is 0 Å².